The molecule has 5 rings (SSSR count). The van der Waals surface area contributed by atoms with Gasteiger partial charge in [-0.25, -0.2) is 9.79 Å². The molecule has 1 saturated heterocycles. The average Bonchev–Trinajstić information content (AvgIpc) is 3.27. The summed E-state index contributed by atoms with van der Waals surface area (Å²) in [4.78, 5) is 35.2. The molecule has 9 heteroatoms. The second-order valence-corrected chi connectivity index (χ2v) is 11.4. The highest BCUT2D eigenvalue weighted by atomic mass is 35.5. The van der Waals surface area contributed by atoms with Crippen LogP contribution in [0.2, 0.25) is 5.02 Å². The van der Waals surface area contributed by atoms with E-state index in [0.29, 0.717) is 43.4 Å². The van der Waals surface area contributed by atoms with Crippen molar-refractivity contribution in [2.45, 2.75) is 52.0 Å². The van der Waals surface area contributed by atoms with E-state index in [1.807, 2.05) is 25.1 Å². The van der Waals surface area contributed by atoms with E-state index in [1.165, 1.54) is 36.3 Å². The Balaban J connectivity index is 1.66. The van der Waals surface area contributed by atoms with Crippen LogP contribution in [0.25, 0.3) is 6.08 Å². The van der Waals surface area contributed by atoms with Crippen molar-refractivity contribution >= 4 is 40.7 Å². The average molecular weight is 580 g/mol. The highest BCUT2D eigenvalue weighted by Crippen LogP contribution is 2.38. The maximum absolute atomic E-state index is 14.0. The van der Waals surface area contributed by atoms with Gasteiger partial charge in [0.15, 0.2) is 4.80 Å². The number of esters is 1. The summed E-state index contributed by atoms with van der Waals surface area (Å²) in [6.07, 6.45) is 6.96. The van der Waals surface area contributed by atoms with Gasteiger partial charge in [0.2, 0.25) is 0 Å². The van der Waals surface area contributed by atoms with Crippen LogP contribution in [0.5, 0.6) is 5.75 Å². The van der Waals surface area contributed by atoms with Crippen LogP contribution in [0.4, 0.5) is 5.69 Å². The van der Waals surface area contributed by atoms with E-state index < -0.39 is 12.0 Å². The lowest BCUT2D eigenvalue weighted by molar-refractivity contribution is -0.139. The number of fused-ring (bicyclic) bond motifs is 1. The van der Waals surface area contributed by atoms with Crippen LogP contribution in [0.15, 0.2) is 63.5 Å². The number of methoxy groups -OCH3 is 1. The number of carbonyl (C=O) groups is 1. The molecule has 2 aliphatic rings. The molecule has 0 N–H and O–H groups in total. The molecular formula is C31H34ClN3O4S. The molecule has 3 aromatic rings. The molecule has 2 aliphatic heterocycles. The second-order valence-electron chi connectivity index (χ2n) is 9.94. The first-order chi connectivity index (χ1) is 19.4. The predicted molar refractivity (Wildman–Crippen MR) is 160 cm³/mol. The number of hydrogen-bond acceptors (Lipinski definition) is 7. The summed E-state index contributed by atoms with van der Waals surface area (Å²) < 4.78 is 13.3. The van der Waals surface area contributed by atoms with Crippen molar-refractivity contribution in [3.05, 3.63) is 89.6 Å². The molecule has 40 heavy (non-hydrogen) atoms. The number of nitrogens with zero attached hydrogens (tertiary/aromatic N) is 3. The number of aromatic nitrogens is 1. The number of hydrogen-bond donors (Lipinski definition) is 0. The van der Waals surface area contributed by atoms with E-state index in [9.17, 15) is 9.59 Å². The Morgan fingerprint density at radius 1 is 1.12 bits per heavy atom. The number of rotatable bonds is 8. The lowest BCUT2D eigenvalue weighted by Gasteiger charge is -2.28. The Labute approximate surface area is 243 Å². The van der Waals surface area contributed by atoms with Gasteiger partial charge in [0.1, 0.15) is 11.8 Å². The Kier molecular flexibility index (Phi) is 8.76. The van der Waals surface area contributed by atoms with Gasteiger partial charge >= 0.3 is 5.97 Å². The molecule has 1 fully saturated rings. The van der Waals surface area contributed by atoms with Gasteiger partial charge in [-0.15, -0.1) is 0 Å². The van der Waals surface area contributed by atoms with Crippen molar-refractivity contribution in [2.24, 2.45) is 4.99 Å². The van der Waals surface area contributed by atoms with E-state index in [4.69, 9.17) is 26.1 Å². The van der Waals surface area contributed by atoms with Gasteiger partial charge in [-0.3, -0.25) is 9.36 Å². The van der Waals surface area contributed by atoms with Crippen molar-refractivity contribution in [1.82, 2.24) is 4.57 Å². The highest BCUT2D eigenvalue weighted by Gasteiger charge is 2.36. The van der Waals surface area contributed by atoms with Gasteiger partial charge < -0.3 is 14.4 Å². The fraction of sp³-hybridized carbons (Fsp3) is 0.387. The first-order valence-electron chi connectivity index (χ1n) is 13.9. The molecule has 2 aromatic carbocycles. The monoisotopic (exact) mass is 579 g/mol. The normalized spacial score (nSPS) is 17.4. The van der Waals surface area contributed by atoms with Crippen molar-refractivity contribution in [1.29, 1.82) is 0 Å². The van der Waals surface area contributed by atoms with Crippen LogP contribution in [0.3, 0.4) is 0 Å². The molecule has 3 heterocycles. The van der Waals surface area contributed by atoms with Crippen LogP contribution in [-0.4, -0.2) is 37.3 Å². The van der Waals surface area contributed by atoms with E-state index in [1.54, 1.807) is 36.8 Å². The molecule has 0 radical (unpaired) electrons. The van der Waals surface area contributed by atoms with Crippen molar-refractivity contribution in [3.63, 3.8) is 0 Å². The van der Waals surface area contributed by atoms with Crippen LogP contribution in [-0.2, 0) is 9.53 Å². The minimum atomic E-state index is -0.783. The number of halogens is 1. The van der Waals surface area contributed by atoms with Crippen molar-refractivity contribution in [3.8, 4) is 5.75 Å². The van der Waals surface area contributed by atoms with Crippen molar-refractivity contribution < 1.29 is 14.3 Å². The summed E-state index contributed by atoms with van der Waals surface area (Å²) in [6, 6.07) is 12.8. The summed E-state index contributed by atoms with van der Waals surface area (Å²) in [5.74, 6) is 0.0288. The molecule has 1 aromatic heterocycles. The van der Waals surface area contributed by atoms with Gasteiger partial charge in [-0.2, -0.15) is 0 Å². The molecule has 0 saturated carbocycles. The van der Waals surface area contributed by atoms with Gasteiger partial charge in [0.25, 0.3) is 5.56 Å². The summed E-state index contributed by atoms with van der Waals surface area (Å²) >= 11 is 7.74. The number of thiazole rings is 1. The topological polar surface area (TPSA) is 73.1 Å². The van der Waals surface area contributed by atoms with E-state index in [0.717, 1.165) is 25.1 Å². The zero-order valence-electron chi connectivity index (χ0n) is 23.1. The number of carbonyl (C=O) groups excluding carboxylic acids is 1. The maximum Gasteiger partial charge on any atom is 0.338 e. The number of benzene rings is 2. The van der Waals surface area contributed by atoms with Crippen LogP contribution < -0.4 is 24.5 Å². The van der Waals surface area contributed by atoms with E-state index in [-0.39, 0.29) is 12.2 Å². The minimum Gasteiger partial charge on any atom is -0.496 e. The Bertz CT molecular complexity index is 1600. The third-order valence-corrected chi connectivity index (χ3v) is 8.51. The fourth-order valence-electron chi connectivity index (χ4n) is 5.42. The first kappa shape index (κ1) is 28.2. The Morgan fingerprint density at radius 3 is 2.55 bits per heavy atom. The molecule has 0 unspecified atom stereocenters. The summed E-state index contributed by atoms with van der Waals surface area (Å²) in [7, 11) is 1.56. The highest BCUT2D eigenvalue weighted by molar-refractivity contribution is 7.07. The molecule has 0 amide bonds. The summed E-state index contributed by atoms with van der Waals surface area (Å²) in [5.41, 5.74) is 3.48. The Morgan fingerprint density at radius 2 is 1.88 bits per heavy atom. The second kappa shape index (κ2) is 12.4. The van der Waals surface area contributed by atoms with Gasteiger partial charge in [0, 0.05) is 29.4 Å². The third-order valence-electron chi connectivity index (χ3n) is 7.29. The SMILES string of the molecule is CCCC1=C(C(=O)OCC)[C@H](c2cc(Cl)ccc2OC)n2c(s/c(=C\c3ccc(N4CCCCC4)cc3)c2=O)=N1. The fourth-order valence-corrected chi connectivity index (χ4v) is 6.62. The van der Waals surface area contributed by atoms with E-state index >= 15 is 0 Å². The molecule has 1 atom stereocenters. The van der Waals surface area contributed by atoms with Crippen molar-refractivity contribution in [2.75, 3.05) is 31.7 Å². The smallest absolute Gasteiger partial charge is 0.338 e. The number of piperidine rings is 1. The molecule has 0 spiro atoms. The Hall–Kier alpha value is -3.36. The van der Waals surface area contributed by atoms with Crippen LogP contribution in [0.1, 0.15) is 63.1 Å². The van der Waals surface area contributed by atoms with Gasteiger partial charge in [0.05, 0.1) is 29.5 Å². The summed E-state index contributed by atoms with van der Waals surface area (Å²) in [5, 5.41) is 0.476. The zero-order valence-corrected chi connectivity index (χ0v) is 24.7. The minimum absolute atomic E-state index is 0.207. The number of anilines is 1. The largest absolute Gasteiger partial charge is 0.496 e. The molecule has 0 aliphatic carbocycles. The molecule has 0 bridgehead atoms. The lowest BCUT2D eigenvalue weighted by atomic mass is 9.93. The quantitative estimate of drug-likeness (QED) is 0.342. The number of allylic oxidation sites excluding steroid dienone is 1. The van der Waals surface area contributed by atoms with Gasteiger partial charge in [-0.05, 0) is 74.6 Å². The molecule has 7 nitrogen and oxygen atoms in total. The maximum atomic E-state index is 14.0. The first-order valence-corrected chi connectivity index (χ1v) is 15.0. The third kappa shape index (κ3) is 5.60. The van der Waals surface area contributed by atoms with Crippen LogP contribution >= 0.6 is 22.9 Å². The molecule has 210 valence electrons. The van der Waals surface area contributed by atoms with Gasteiger partial charge in [-0.1, -0.05) is 48.4 Å². The molecular weight excluding hydrogens is 546 g/mol. The summed E-state index contributed by atoms with van der Waals surface area (Å²) in [6.45, 7) is 6.16. The predicted octanol–water partition coefficient (Wildman–Crippen LogP) is 5.23. The van der Waals surface area contributed by atoms with E-state index in [2.05, 4.69) is 17.0 Å². The van der Waals surface area contributed by atoms with Crippen LogP contribution in [0, 0.1) is 0 Å². The zero-order chi connectivity index (χ0) is 28.2. The number of ether oxygens (including phenoxy) is 2. The lowest BCUT2D eigenvalue weighted by Crippen LogP contribution is -2.40. The standard InChI is InChI=1S/C31H34ClN3O4S/c1-4-9-24-27(30(37)39-5-2)28(23-19-21(32)12-15-25(23)38-3)35-29(36)26(40-31(35)33-24)18-20-10-13-22(14-11-20)34-16-7-6-8-17-34/h10-15,18-19,28H,4-9,16-17H2,1-3H3/b26-18-/t28-/m0/s1.